The van der Waals surface area contributed by atoms with Crippen LogP contribution in [0.15, 0.2) is 0 Å². The molecule has 0 spiro atoms. The van der Waals surface area contributed by atoms with Gasteiger partial charge in [0.1, 0.15) is 5.69 Å². The summed E-state index contributed by atoms with van der Waals surface area (Å²) >= 11 is 0. The van der Waals surface area contributed by atoms with Gasteiger partial charge in [0.2, 0.25) is 23.8 Å². The Hall–Kier alpha value is -3.93. The van der Waals surface area contributed by atoms with Gasteiger partial charge in [-0.05, 0) is 6.92 Å². The van der Waals surface area contributed by atoms with Gasteiger partial charge in [-0.2, -0.15) is 0 Å². The van der Waals surface area contributed by atoms with Crippen molar-refractivity contribution < 1.29 is 70.8 Å². The van der Waals surface area contributed by atoms with Gasteiger partial charge in [-0.25, -0.2) is 5.32 Å². The van der Waals surface area contributed by atoms with E-state index in [1.165, 1.54) is 5.32 Å². The number of aromatic hydroxyl groups is 8. The van der Waals surface area contributed by atoms with Crippen LogP contribution in [0.5, 0.6) is 46.0 Å². The van der Waals surface area contributed by atoms with Gasteiger partial charge in [0.15, 0.2) is 40.6 Å². The molecule has 194 valence electrons. The van der Waals surface area contributed by atoms with Crippen molar-refractivity contribution in [2.75, 3.05) is 12.4 Å². The van der Waals surface area contributed by atoms with Crippen LogP contribution >= 0.6 is 0 Å². The third kappa shape index (κ3) is 4.83. The number of rotatable bonds is 9. The van der Waals surface area contributed by atoms with E-state index in [2.05, 4.69) is 0 Å². The Labute approximate surface area is 195 Å². The fourth-order valence-corrected chi connectivity index (χ4v) is 3.40. The number of aliphatic hydroxyl groups is 4. The number of anilines is 1. The third-order valence-electron chi connectivity index (χ3n) is 5.06. The van der Waals surface area contributed by atoms with E-state index in [4.69, 9.17) is 4.74 Å². The first-order chi connectivity index (χ1) is 16.0. The number of phenolic OH excluding ortho intramolecular Hbond substituents is 8. The van der Waals surface area contributed by atoms with Crippen LogP contribution in [-0.4, -0.2) is 86.6 Å². The average Bonchev–Trinajstić information content (AvgIpc) is 2.77. The number of hydrogen-bond acceptors (Lipinski definition) is 15. The van der Waals surface area contributed by atoms with Gasteiger partial charge in [0.05, 0.1) is 5.56 Å². The largest absolute Gasteiger partial charge is 0.504 e. The fourth-order valence-electron chi connectivity index (χ4n) is 3.40. The Morgan fingerprint density at radius 2 is 1.29 bits per heavy atom. The molecule has 0 saturated carbocycles. The molecule has 0 aliphatic heterocycles. The SMILES string of the molecule is COC(c1c(C)c(O)c(O)c(O)c1O)C(O)(O)NC(O)(O)Cc1c(O)c(O)c(NC=O)c(O)c1O. The van der Waals surface area contributed by atoms with Gasteiger partial charge in [-0.1, -0.05) is 0 Å². The normalized spacial score (nSPS) is 13.0. The second kappa shape index (κ2) is 9.37. The topological polar surface area (TPSA) is 293 Å². The highest BCUT2D eigenvalue weighted by molar-refractivity contribution is 5.85. The number of ether oxygens (including phenoxy) is 1. The summed E-state index contributed by atoms with van der Waals surface area (Å²) in [7, 11) is 0.857. The van der Waals surface area contributed by atoms with Gasteiger partial charge >= 0.3 is 0 Å². The first-order valence-corrected chi connectivity index (χ1v) is 9.39. The molecule has 0 aliphatic carbocycles. The molecule has 16 nitrogen and oxygen atoms in total. The summed E-state index contributed by atoms with van der Waals surface area (Å²) in [4.78, 5) is 10.6. The minimum atomic E-state index is -3.56. The highest BCUT2D eigenvalue weighted by Gasteiger charge is 2.46. The van der Waals surface area contributed by atoms with E-state index in [0.717, 1.165) is 14.0 Å². The van der Waals surface area contributed by atoms with Crippen LogP contribution in [0.1, 0.15) is 22.8 Å². The number of phenols is 8. The third-order valence-corrected chi connectivity index (χ3v) is 5.06. The van der Waals surface area contributed by atoms with Gasteiger partial charge in [-0.15, -0.1) is 0 Å². The predicted molar refractivity (Wildman–Crippen MR) is 112 cm³/mol. The molecule has 0 saturated heterocycles. The molecule has 2 aromatic carbocycles. The van der Waals surface area contributed by atoms with Gasteiger partial charge in [0.25, 0.3) is 5.91 Å². The van der Waals surface area contributed by atoms with Crippen LogP contribution in [0.2, 0.25) is 0 Å². The highest BCUT2D eigenvalue weighted by Crippen LogP contribution is 2.52. The Balaban J connectivity index is 2.50. The van der Waals surface area contributed by atoms with E-state index in [-0.39, 0.29) is 6.41 Å². The van der Waals surface area contributed by atoms with E-state index < -0.39 is 92.7 Å². The number of carbonyl (C=O) groups excluding carboxylic acids is 1. The maximum Gasteiger partial charge on any atom is 0.258 e. The number of benzene rings is 2. The summed E-state index contributed by atoms with van der Waals surface area (Å²) in [6.07, 6.45) is -3.57. The number of methoxy groups -OCH3 is 1. The zero-order valence-corrected chi connectivity index (χ0v) is 18.0. The lowest BCUT2D eigenvalue weighted by Gasteiger charge is -2.37. The number of carbonyl (C=O) groups is 1. The van der Waals surface area contributed by atoms with E-state index >= 15 is 0 Å². The zero-order chi connectivity index (χ0) is 27.0. The van der Waals surface area contributed by atoms with Crippen molar-refractivity contribution in [3.63, 3.8) is 0 Å². The molecule has 0 aromatic heterocycles. The van der Waals surface area contributed by atoms with Crippen molar-refractivity contribution in [3.8, 4) is 46.0 Å². The van der Waals surface area contributed by atoms with Crippen LogP contribution in [0.3, 0.4) is 0 Å². The second-order valence-electron chi connectivity index (χ2n) is 7.40. The molecule has 2 aromatic rings. The predicted octanol–water partition coefficient (Wildman–Crippen LogP) is -2.00. The smallest absolute Gasteiger partial charge is 0.258 e. The van der Waals surface area contributed by atoms with Crippen LogP contribution in [0, 0.1) is 6.92 Å². The van der Waals surface area contributed by atoms with Crippen LogP contribution < -0.4 is 10.6 Å². The number of hydrogen-bond donors (Lipinski definition) is 14. The minimum absolute atomic E-state index is 0.00958. The molecule has 0 fully saturated rings. The molecule has 35 heavy (non-hydrogen) atoms. The van der Waals surface area contributed by atoms with Crippen LogP contribution in [0.4, 0.5) is 5.69 Å². The van der Waals surface area contributed by atoms with E-state index in [1.54, 1.807) is 5.32 Å². The standard InChI is InChI=1S/C19H24N2O14/c1-5-7(12(26)16(30)15(29)9(5)23)17(35-2)19(33,34)21-18(31,32)3-6-10(24)13(27)8(20-4-22)14(28)11(6)25/h4,17,21,23-34H,3H2,1-2H3,(H,20,22). The summed E-state index contributed by atoms with van der Waals surface area (Å²) in [6, 6.07) is 0. The number of amides is 1. The maximum absolute atomic E-state index is 10.6. The molecule has 0 heterocycles. The highest BCUT2D eigenvalue weighted by atomic mass is 16.6. The summed E-state index contributed by atoms with van der Waals surface area (Å²) in [6.45, 7) is 1.08. The summed E-state index contributed by atoms with van der Waals surface area (Å²) < 4.78 is 4.87. The number of nitrogens with one attached hydrogen (secondary N) is 2. The Bertz CT molecular complexity index is 1090. The summed E-state index contributed by atoms with van der Waals surface area (Å²) in [5, 5.41) is 124. The molecule has 1 amide bonds. The molecule has 2 rings (SSSR count). The first-order valence-electron chi connectivity index (χ1n) is 9.39. The minimum Gasteiger partial charge on any atom is -0.504 e. The van der Waals surface area contributed by atoms with Crippen molar-refractivity contribution in [3.05, 3.63) is 16.7 Å². The summed E-state index contributed by atoms with van der Waals surface area (Å²) in [5.41, 5.74) is -2.87. The lowest BCUT2D eigenvalue weighted by molar-refractivity contribution is -0.320. The van der Waals surface area contributed by atoms with Crippen molar-refractivity contribution in [1.82, 2.24) is 5.32 Å². The molecular formula is C19H24N2O14. The monoisotopic (exact) mass is 504 g/mol. The van der Waals surface area contributed by atoms with Crippen LogP contribution in [0.25, 0.3) is 0 Å². The second-order valence-corrected chi connectivity index (χ2v) is 7.40. The first kappa shape index (κ1) is 27.3. The molecule has 16 heteroatoms. The van der Waals surface area contributed by atoms with Gasteiger partial charge in [0, 0.05) is 24.7 Å². The summed E-state index contributed by atoms with van der Waals surface area (Å²) in [5.74, 6) is -16.4. The maximum atomic E-state index is 10.6. The van der Waals surface area contributed by atoms with Crippen molar-refractivity contribution in [2.24, 2.45) is 0 Å². The zero-order valence-electron chi connectivity index (χ0n) is 18.0. The van der Waals surface area contributed by atoms with Crippen LogP contribution in [-0.2, 0) is 16.0 Å². The van der Waals surface area contributed by atoms with Gasteiger partial charge in [-0.3, -0.25) is 4.79 Å². The Morgan fingerprint density at radius 1 is 0.800 bits per heavy atom. The quantitative estimate of drug-likeness (QED) is 0.0760. The van der Waals surface area contributed by atoms with Crippen molar-refractivity contribution >= 4 is 12.1 Å². The van der Waals surface area contributed by atoms with E-state index in [0.29, 0.717) is 0 Å². The molecular weight excluding hydrogens is 480 g/mol. The molecule has 14 N–H and O–H groups in total. The lowest BCUT2D eigenvalue weighted by Crippen LogP contribution is -2.62. The Morgan fingerprint density at radius 3 is 1.74 bits per heavy atom. The lowest BCUT2D eigenvalue weighted by atomic mass is 9.96. The molecule has 0 bridgehead atoms. The van der Waals surface area contributed by atoms with Crippen molar-refractivity contribution in [2.45, 2.75) is 31.3 Å². The molecule has 0 aliphatic rings. The molecule has 1 atom stereocenters. The van der Waals surface area contributed by atoms with E-state index in [1.807, 2.05) is 0 Å². The van der Waals surface area contributed by atoms with Crippen molar-refractivity contribution in [1.29, 1.82) is 0 Å². The molecule has 1 unspecified atom stereocenters. The molecule has 0 radical (unpaired) electrons. The average molecular weight is 504 g/mol. The fraction of sp³-hybridized carbons (Fsp3) is 0.316. The Kier molecular flexibility index (Phi) is 7.31. The van der Waals surface area contributed by atoms with E-state index in [9.17, 15) is 66.1 Å². The van der Waals surface area contributed by atoms with Gasteiger partial charge < -0.3 is 71.3 Å².